The van der Waals surface area contributed by atoms with Crippen LogP contribution in [0.1, 0.15) is 6.92 Å². The van der Waals surface area contributed by atoms with Crippen LogP contribution in [-0.4, -0.2) is 67.5 Å². The van der Waals surface area contributed by atoms with Crippen LogP contribution in [-0.2, 0) is 9.59 Å². The van der Waals surface area contributed by atoms with Crippen LogP contribution in [0.5, 0.6) is 5.75 Å². The van der Waals surface area contributed by atoms with Crippen molar-refractivity contribution in [3.05, 3.63) is 30.1 Å². The van der Waals surface area contributed by atoms with Crippen molar-refractivity contribution in [3.8, 4) is 5.75 Å². The van der Waals surface area contributed by atoms with Gasteiger partial charge in [0, 0.05) is 33.6 Å². The number of piperazine rings is 1. The highest BCUT2D eigenvalue weighted by Crippen LogP contribution is 2.15. The van der Waals surface area contributed by atoms with Crippen molar-refractivity contribution in [2.24, 2.45) is 0 Å². The molecule has 1 aromatic rings. The van der Waals surface area contributed by atoms with Crippen LogP contribution < -0.4 is 10.1 Å². The van der Waals surface area contributed by atoms with Gasteiger partial charge in [-0.05, 0) is 12.1 Å². The Morgan fingerprint density at radius 3 is 2.87 bits per heavy atom. The molecule has 1 aromatic carbocycles. The molecule has 7 heteroatoms. The van der Waals surface area contributed by atoms with E-state index in [0.29, 0.717) is 26.2 Å². The van der Waals surface area contributed by atoms with E-state index in [1.54, 1.807) is 30.1 Å². The van der Waals surface area contributed by atoms with Gasteiger partial charge in [0.25, 0.3) is 0 Å². The molecule has 0 aromatic heterocycles. The molecule has 126 valence electrons. The summed E-state index contributed by atoms with van der Waals surface area (Å²) in [5.74, 6) is -0.524. The first kappa shape index (κ1) is 17.2. The number of halogens is 1. The normalized spacial score (nSPS) is 17.7. The van der Waals surface area contributed by atoms with Crippen molar-refractivity contribution < 1.29 is 18.7 Å². The minimum atomic E-state index is -0.500. The summed E-state index contributed by atoms with van der Waals surface area (Å²) in [6.07, 6.45) is 0. The lowest BCUT2D eigenvalue weighted by molar-refractivity contribution is -0.145. The fourth-order valence-corrected chi connectivity index (χ4v) is 2.52. The van der Waals surface area contributed by atoms with Crippen molar-refractivity contribution >= 4 is 11.8 Å². The number of rotatable bonds is 5. The van der Waals surface area contributed by atoms with Gasteiger partial charge in [0.05, 0.1) is 6.54 Å². The van der Waals surface area contributed by atoms with E-state index >= 15 is 0 Å². The molecule has 0 unspecified atom stereocenters. The lowest BCUT2D eigenvalue weighted by Crippen LogP contribution is -2.59. The summed E-state index contributed by atoms with van der Waals surface area (Å²) < 4.78 is 18.8. The van der Waals surface area contributed by atoms with Crippen LogP contribution in [0.2, 0.25) is 0 Å². The minimum absolute atomic E-state index is 0.110. The maximum atomic E-state index is 13.4. The number of amides is 2. The predicted octanol–water partition coefficient (Wildman–Crippen LogP) is 0.483. The number of carbonyl (C=O) groups is 2. The summed E-state index contributed by atoms with van der Waals surface area (Å²) in [5.41, 5.74) is 0. The topological polar surface area (TPSA) is 61.9 Å². The summed E-state index contributed by atoms with van der Waals surface area (Å²) in [6.45, 7) is 3.61. The molecule has 1 N–H and O–H groups in total. The first-order chi connectivity index (χ1) is 11.0. The Morgan fingerprint density at radius 1 is 1.43 bits per heavy atom. The lowest BCUT2D eigenvalue weighted by Gasteiger charge is -2.36. The maximum Gasteiger partial charge on any atom is 0.246 e. The summed E-state index contributed by atoms with van der Waals surface area (Å²) in [6, 6.07) is 5.64. The largest absolute Gasteiger partial charge is 0.489 e. The maximum absolute atomic E-state index is 13.4. The molecule has 1 heterocycles. The van der Waals surface area contributed by atoms with E-state index in [-0.39, 0.29) is 24.2 Å². The molecule has 1 fully saturated rings. The molecule has 2 rings (SSSR count). The molecule has 0 bridgehead atoms. The molecule has 2 amide bonds. The van der Waals surface area contributed by atoms with E-state index in [1.165, 1.54) is 17.9 Å². The van der Waals surface area contributed by atoms with Gasteiger partial charge in [-0.2, -0.15) is 0 Å². The van der Waals surface area contributed by atoms with Gasteiger partial charge in [-0.1, -0.05) is 12.1 Å². The Bertz CT molecular complexity index is 567. The summed E-state index contributed by atoms with van der Waals surface area (Å²) in [5, 5.41) is 3.12. The van der Waals surface area contributed by atoms with Crippen LogP contribution in [0, 0.1) is 5.82 Å². The predicted molar refractivity (Wildman–Crippen MR) is 83.6 cm³/mol. The van der Waals surface area contributed by atoms with Gasteiger partial charge in [-0.15, -0.1) is 0 Å². The number of ether oxygens (including phenoxy) is 1. The van der Waals surface area contributed by atoms with Gasteiger partial charge in [-0.3, -0.25) is 9.59 Å². The smallest absolute Gasteiger partial charge is 0.246 e. The van der Waals surface area contributed by atoms with E-state index < -0.39 is 11.9 Å². The van der Waals surface area contributed by atoms with Crippen molar-refractivity contribution in [3.63, 3.8) is 0 Å². The van der Waals surface area contributed by atoms with Gasteiger partial charge < -0.3 is 19.9 Å². The lowest BCUT2D eigenvalue weighted by atomic mass is 10.1. The molecular formula is C16H22FN3O3. The van der Waals surface area contributed by atoms with Crippen molar-refractivity contribution in [2.45, 2.75) is 13.0 Å². The quantitative estimate of drug-likeness (QED) is 0.856. The summed E-state index contributed by atoms with van der Waals surface area (Å²) >= 11 is 0. The Balaban J connectivity index is 1.87. The van der Waals surface area contributed by atoms with Crippen LogP contribution in [0.4, 0.5) is 4.39 Å². The second-order valence-corrected chi connectivity index (χ2v) is 5.47. The zero-order valence-corrected chi connectivity index (χ0v) is 13.4. The first-order valence-corrected chi connectivity index (χ1v) is 7.61. The average molecular weight is 323 g/mol. The highest BCUT2D eigenvalue weighted by molar-refractivity contribution is 5.87. The first-order valence-electron chi connectivity index (χ1n) is 7.61. The number of para-hydroxylation sites is 1. The highest BCUT2D eigenvalue weighted by Gasteiger charge is 2.32. The number of benzene rings is 1. The fraction of sp³-hybridized carbons (Fsp3) is 0.500. The Kier molecular flexibility index (Phi) is 5.92. The number of hydrogen-bond donors (Lipinski definition) is 1. The van der Waals surface area contributed by atoms with Crippen molar-refractivity contribution in [2.75, 3.05) is 39.8 Å². The average Bonchev–Trinajstić information content (AvgIpc) is 2.55. The Morgan fingerprint density at radius 2 is 2.17 bits per heavy atom. The molecule has 0 spiro atoms. The van der Waals surface area contributed by atoms with Gasteiger partial charge in [-0.25, -0.2) is 4.39 Å². The van der Waals surface area contributed by atoms with Gasteiger partial charge in [0.1, 0.15) is 12.6 Å². The third-order valence-corrected chi connectivity index (χ3v) is 3.83. The zero-order valence-electron chi connectivity index (χ0n) is 13.4. The number of nitrogens with zero attached hydrogens (tertiary/aromatic N) is 2. The monoisotopic (exact) mass is 323 g/mol. The number of nitrogens with one attached hydrogen (secondary N) is 1. The molecule has 0 radical (unpaired) electrons. The van der Waals surface area contributed by atoms with E-state index in [4.69, 9.17) is 4.74 Å². The number of likely N-dealkylation sites (N-methyl/N-ethyl adjacent to an activating group) is 1. The summed E-state index contributed by atoms with van der Waals surface area (Å²) in [7, 11) is 1.65. The summed E-state index contributed by atoms with van der Waals surface area (Å²) in [4.78, 5) is 27.2. The second-order valence-electron chi connectivity index (χ2n) is 5.47. The van der Waals surface area contributed by atoms with Crippen molar-refractivity contribution in [1.82, 2.24) is 15.1 Å². The molecule has 23 heavy (non-hydrogen) atoms. The van der Waals surface area contributed by atoms with Crippen LogP contribution in [0.15, 0.2) is 24.3 Å². The molecule has 1 aliphatic heterocycles. The fourth-order valence-electron chi connectivity index (χ4n) is 2.52. The molecule has 0 saturated carbocycles. The molecule has 1 atom stereocenters. The Labute approximate surface area is 135 Å². The van der Waals surface area contributed by atoms with E-state index in [1.807, 2.05) is 0 Å². The van der Waals surface area contributed by atoms with E-state index in [9.17, 15) is 14.0 Å². The molecular weight excluding hydrogens is 301 g/mol. The van der Waals surface area contributed by atoms with Gasteiger partial charge in [0.2, 0.25) is 11.8 Å². The van der Waals surface area contributed by atoms with Crippen molar-refractivity contribution in [1.29, 1.82) is 0 Å². The molecule has 1 saturated heterocycles. The molecule has 6 nitrogen and oxygen atoms in total. The van der Waals surface area contributed by atoms with Gasteiger partial charge in [0.15, 0.2) is 11.6 Å². The standard InChI is InChI=1S/C16H22FN3O3/c1-12(21)20-8-7-18-11-14(20)16(22)19(2)9-10-23-15-6-4-3-5-13(15)17/h3-6,14,18H,7-11H2,1-2H3/t14-/m1/s1. The molecule has 1 aliphatic rings. The van der Waals surface area contributed by atoms with Gasteiger partial charge >= 0.3 is 0 Å². The van der Waals surface area contributed by atoms with Crippen LogP contribution >= 0.6 is 0 Å². The molecule has 0 aliphatic carbocycles. The third kappa shape index (κ3) is 4.41. The highest BCUT2D eigenvalue weighted by atomic mass is 19.1. The minimum Gasteiger partial charge on any atom is -0.489 e. The Hall–Kier alpha value is -2.15. The van der Waals surface area contributed by atoms with Crippen LogP contribution in [0.3, 0.4) is 0 Å². The van der Waals surface area contributed by atoms with Crippen LogP contribution in [0.25, 0.3) is 0 Å². The third-order valence-electron chi connectivity index (χ3n) is 3.83. The van der Waals surface area contributed by atoms with E-state index in [2.05, 4.69) is 5.32 Å². The SMILES string of the molecule is CC(=O)N1CCNC[C@@H]1C(=O)N(C)CCOc1ccccc1F. The second kappa shape index (κ2) is 7.92. The van der Waals surface area contributed by atoms with E-state index in [0.717, 1.165) is 0 Å². The number of carbonyl (C=O) groups excluding carboxylic acids is 2. The number of hydrogen-bond acceptors (Lipinski definition) is 4. The zero-order chi connectivity index (χ0) is 16.8.